The number of aliphatic carboxylic acids is 1. The van der Waals surface area contributed by atoms with Crippen LogP contribution in [0.25, 0.3) is 0 Å². The van der Waals surface area contributed by atoms with Gasteiger partial charge in [-0.25, -0.2) is 4.79 Å². The molecule has 2 heterocycles. The number of carboxylic acids is 1. The lowest BCUT2D eigenvalue weighted by Crippen LogP contribution is -2.42. The summed E-state index contributed by atoms with van der Waals surface area (Å²) in [5, 5.41) is 9.56. The minimum Gasteiger partial charge on any atom is -0.480 e. The monoisotopic (exact) mass is 288 g/mol. The van der Waals surface area contributed by atoms with E-state index < -0.39 is 12.0 Å². The van der Waals surface area contributed by atoms with Crippen LogP contribution < -0.4 is 0 Å². The third-order valence-corrected chi connectivity index (χ3v) is 4.07. The van der Waals surface area contributed by atoms with E-state index in [9.17, 15) is 9.59 Å². The van der Waals surface area contributed by atoms with Gasteiger partial charge in [0, 0.05) is 18.5 Å². The van der Waals surface area contributed by atoms with E-state index in [0.717, 1.165) is 0 Å². The van der Waals surface area contributed by atoms with Gasteiger partial charge in [0.25, 0.3) is 5.91 Å². The Labute approximate surface area is 114 Å². The van der Waals surface area contributed by atoms with E-state index in [1.807, 2.05) is 6.92 Å². The molecule has 0 aromatic carbocycles. The molecule has 1 aromatic heterocycles. The molecule has 7 heteroatoms. The van der Waals surface area contributed by atoms with Crippen molar-refractivity contribution in [3.63, 3.8) is 0 Å². The van der Waals surface area contributed by atoms with Gasteiger partial charge in [0.1, 0.15) is 11.7 Å². The number of thioether (sulfide) groups is 1. The minimum atomic E-state index is -0.964. The largest absolute Gasteiger partial charge is 0.480 e. The van der Waals surface area contributed by atoms with Gasteiger partial charge in [-0.2, -0.15) is 0 Å². The second-order valence-corrected chi connectivity index (χ2v) is 5.39. The van der Waals surface area contributed by atoms with Gasteiger partial charge in [-0.1, -0.05) is 11.6 Å². The molecule has 2 rings (SSSR count). The topological polar surface area (TPSA) is 62.5 Å². The van der Waals surface area contributed by atoms with Crippen LogP contribution in [-0.4, -0.2) is 44.1 Å². The Morgan fingerprint density at radius 2 is 2.33 bits per heavy atom. The molecule has 0 radical (unpaired) electrons. The summed E-state index contributed by atoms with van der Waals surface area (Å²) in [5.41, 5.74) is 0.441. The maximum absolute atomic E-state index is 12.3. The van der Waals surface area contributed by atoms with Crippen LogP contribution in [0.2, 0.25) is 5.02 Å². The first kappa shape index (κ1) is 13.3. The molecule has 5 nitrogen and oxygen atoms in total. The Kier molecular flexibility index (Phi) is 3.87. The van der Waals surface area contributed by atoms with Gasteiger partial charge >= 0.3 is 5.97 Å². The summed E-state index contributed by atoms with van der Waals surface area (Å²) in [5.74, 6) is -0.403. The average Bonchev–Trinajstić information content (AvgIpc) is 2.93. The molecule has 1 fully saturated rings. The van der Waals surface area contributed by atoms with Gasteiger partial charge in [-0.3, -0.25) is 4.79 Å². The van der Waals surface area contributed by atoms with Crippen LogP contribution >= 0.6 is 23.4 Å². The molecule has 18 heavy (non-hydrogen) atoms. The van der Waals surface area contributed by atoms with Crippen LogP contribution in [0.3, 0.4) is 0 Å². The number of carboxylic acid groups (broad SMARTS) is 1. The number of hydrogen-bond acceptors (Lipinski definition) is 3. The van der Waals surface area contributed by atoms with Crippen LogP contribution in [0, 0.1) is 0 Å². The first-order valence-electron chi connectivity index (χ1n) is 5.51. The van der Waals surface area contributed by atoms with Crippen molar-refractivity contribution < 1.29 is 14.7 Å². The van der Waals surface area contributed by atoms with Crippen LogP contribution in [0.5, 0.6) is 0 Å². The number of nitrogens with zero attached hydrogens (tertiary/aromatic N) is 2. The molecule has 1 amide bonds. The summed E-state index contributed by atoms with van der Waals surface area (Å²) in [6.07, 6.45) is 1.67. The molecule has 1 N–H and O–H groups in total. The Bertz CT molecular complexity index is 489. The Morgan fingerprint density at radius 1 is 1.61 bits per heavy atom. The van der Waals surface area contributed by atoms with Gasteiger partial charge in [0.2, 0.25) is 0 Å². The molecule has 1 aliphatic rings. The molecule has 0 aliphatic carbocycles. The van der Waals surface area contributed by atoms with Crippen LogP contribution in [-0.2, 0) is 11.3 Å². The lowest BCUT2D eigenvalue weighted by atomic mass is 10.2. The summed E-state index contributed by atoms with van der Waals surface area (Å²) in [6, 6.07) is 0.830. The third-order valence-electron chi connectivity index (χ3n) is 2.85. The first-order chi connectivity index (χ1) is 8.54. The van der Waals surface area contributed by atoms with Gasteiger partial charge < -0.3 is 14.6 Å². The smallest absolute Gasteiger partial charge is 0.327 e. The van der Waals surface area contributed by atoms with Crippen LogP contribution in [0.1, 0.15) is 17.4 Å². The van der Waals surface area contributed by atoms with Gasteiger partial charge in [0.15, 0.2) is 0 Å². The van der Waals surface area contributed by atoms with E-state index in [1.165, 1.54) is 16.7 Å². The zero-order valence-electron chi connectivity index (χ0n) is 9.80. The normalized spacial score (nSPS) is 19.2. The molecule has 98 valence electrons. The van der Waals surface area contributed by atoms with Crippen LogP contribution in [0.15, 0.2) is 12.3 Å². The quantitative estimate of drug-likeness (QED) is 0.921. The van der Waals surface area contributed by atoms with Crippen molar-refractivity contribution in [1.82, 2.24) is 9.47 Å². The zero-order chi connectivity index (χ0) is 13.3. The number of amides is 1. The average molecular weight is 289 g/mol. The Balaban J connectivity index is 2.27. The lowest BCUT2D eigenvalue weighted by molar-refractivity contribution is -0.140. The molecule has 0 spiro atoms. The molecule has 1 aromatic rings. The second kappa shape index (κ2) is 5.24. The highest BCUT2D eigenvalue weighted by atomic mass is 35.5. The fraction of sp³-hybridized carbons (Fsp3) is 0.455. The van der Waals surface area contributed by atoms with E-state index in [0.29, 0.717) is 28.9 Å². The van der Waals surface area contributed by atoms with Crippen molar-refractivity contribution in [2.24, 2.45) is 0 Å². The fourth-order valence-corrected chi connectivity index (χ4v) is 3.28. The van der Waals surface area contributed by atoms with Gasteiger partial charge in [-0.05, 0) is 13.0 Å². The maximum Gasteiger partial charge on any atom is 0.327 e. The highest BCUT2D eigenvalue weighted by Gasteiger charge is 2.36. The number of aryl methyl sites for hydroxylation is 1. The molecule has 1 atom stereocenters. The highest BCUT2D eigenvalue weighted by molar-refractivity contribution is 7.99. The van der Waals surface area contributed by atoms with Gasteiger partial charge in [0.05, 0.1) is 10.9 Å². The number of rotatable bonds is 3. The SMILES string of the molecule is CCn1cc(Cl)cc1C(=O)N1CSCC1C(=O)O. The first-order valence-corrected chi connectivity index (χ1v) is 7.05. The molecule has 1 saturated heterocycles. The molecular formula is C11H13ClN2O3S. The Morgan fingerprint density at radius 3 is 2.94 bits per heavy atom. The van der Waals surface area contributed by atoms with E-state index in [2.05, 4.69) is 0 Å². The fourth-order valence-electron chi connectivity index (χ4n) is 1.91. The van der Waals surface area contributed by atoms with E-state index in [4.69, 9.17) is 16.7 Å². The molecule has 1 aliphatic heterocycles. The van der Waals surface area contributed by atoms with E-state index in [-0.39, 0.29) is 5.91 Å². The number of aromatic nitrogens is 1. The highest BCUT2D eigenvalue weighted by Crippen LogP contribution is 2.25. The van der Waals surface area contributed by atoms with Crippen molar-refractivity contribution >= 4 is 35.2 Å². The third kappa shape index (κ3) is 2.35. The second-order valence-electron chi connectivity index (χ2n) is 3.96. The molecule has 0 saturated carbocycles. The van der Waals surface area contributed by atoms with Crippen molar-refractivity contribution in [2.45, 2.75) is 19.5 Å². The van der Waals surface area contributed by atoms with E-state index >= 15 is 0 Å². The van der Waals surface area contributed by atoms with Crippen molar-refractivity contribution in [1.29, 1.82) is 0 Å². The van der Waals surface area contributed by atoms with E-state index in [1.54, 1.807) is 16.8 Å². The van der Waals surface area contributed by atoms with Crippen molar-refractivity contribution in [2.75, 3.05) is 11.6 Å². The minimum absolute atomic E-state index is 0.277. The summed E-state index contributed by atoms with van der Waals surface area (Å²) in [7, 11) is 0. The summed E-state index contributed by atoms with van der Waals surface area (Å²) in [6.45, 7) is 2.52. The maximum atomic E-state index is 12.3. The Hall–Kier alpha value is -1.14. The van der Waals surface area contributed by atoms with Crippen molar-refractivity contribution in [3.05, 3.63) is 23.0 Å². The number of carbonyl (C=O) groups is 2. The number of hydrogen-bond donors (Lipinski definition) is 1. The van der Waals surface area contributed by atoms with Crippen LogP contribution in [0.4, 0.5) is 0 Å². The predicted octanol–water partition coefficient (Wildman–Crippen LogP) is 1.76. The van der Waals surface area contributed by atoms with Crippen molar-refractivity contribution in [3.8, 4) is 0 Å². The number of carbonyl (C=O) groups excluding carboxylic acids is 1. The lowest BCUT2D eigenvalue weighted by Gasteiger charge is -2.20. The zero-order valence-corrected chi connectivity index (χ0v) is 11.4. The summed E-state index contributed by atoms with van der Waals surface area (Å²) in [4.78, 5) is 24.8. The summed E-state index contributed by atoms with van der Waals surface area (Å²) >= 11 is 7.32. The summed E-state index contributed by atoms with van der Waals surface area (Å²) < 4.78 is 1.73. The molecule has 1 unspecified atom stereocenters. The molecular weight excluding hydrogens is 276 g/mol. The van der Waals surface area contributed by atoms with Gasteiger partial charge in [-0.15, -0.1) is 11.8 Å². The molecule has 0 bridgehead atoms. The number of halogens is 1. The standard InChI is InChI=1S/C11H13ClN2O3S/c1-2-13-4-7(12)3-8(13)10(15)14-6-18-5-9(14)11(16)17/h3-4,9H,2,5-6H2,1H3,(H,16,17). The predicted molar refractivity (Wildman–Crippen MR) is 70.0 cm³/mol.